The van der Waals surface area contributed by atoms with Gasteiger partial charge in [0.05, 0.1) is 19.6 Å². The molecule has 0 N–H and O–H groups in total. The molecule has 1 aliphatic carbocycles. The average molecular weight is 276 g/mol. The largest absolute Gasteiger partial charge is 0.497 e. The molecule has 1 atom stereocenters. The third kappa shape index (κ3) is 2.57. The zero-order valence-corrected chi connectivity index (χ0v) is 11.5. The fourth-order valence-corrected chi connectivity index (χ4v) is 2.36. The first-order valence-electron chi connectivity index (χ1n) is 6.50. The lowest BCUT2D eigenvalue weighted by Crippen LogP contribution is -2.35. The van der Waals surface area contributed by atoms with Gasteiger partial charge in [-0.3, -0.25) is 9.59 Å². The highest BCUT2D eigenvalue weighted by Crippen LogP contribution is 2.29. The predicted molar refractivity (Wildman–Crippen MR) is 70.8 cm³/mol. The van der Waals surface area contributed by atoms with Gasteiger partial charge in [-0.05, 0) is 43.5 Å². The van der Waals surface area contributed by atoms with Gasteiger partial charge in [0.2, 0.25) is 0 Å². The van der Waals surface area contributed by atoms with Crippen molar-refractivity contribution in [3.05, 3.63) is 29.3 Å². The van der Waals surface area contributed by atoms with Crippen molar-refractivity contribution in [2.45, 2.75) is 19.8 Å². The quantitative estimate of drug-likeness (QED) is 0.474. The molecule has 0 fully saturated rings. The first-order chi connectivity index (χ1) is 9.58. The van der Waals surface area contributed by atoms with Crippen LogP contribution in [0.1, 0.15) is 29.3 Å². The summed E-state index contributed by atoms with van der Waals surface area (Å²) in [5.41, 5.74) is 1.34. The summed E-state index contributed by atoms with van der Waals surface area (Å²) in [5.74, 6) is -2.24. The molecule has 0 spiro atoms. The van der Waals surface area contributed by atoms with Crippen LogP contribution in [0.2, 0.25) is 0 Å². The van der Waals surface area contributed by atoms with E-state index >= 15 is 0 Å². The molecule has 1 aliphatic rings. The zero-order valence-electron chi connectivity index (χ0n) is 11.5. The maximum Gasteiger partial charge on any atom is 0.375 e. The van der Waals surface area contributed by atoms with Crippen molar-refractivity contribution in [1.29, 1.82) is 0 Å². The maximum atomic E-state index is 12.3. The highest BCUT2D eigenvalue weighted by Gasteiger charge is 2.36. The van der Waals surface area contributed by atoms with Gasteiger partial charge in [-0.15, -0.1) is 0 Å². The number of ether oxygens (including phenoxy) is 2. The van der Waals surface area contributed by atoms with Gasteiger partial charge in [0.25, 0.3) is 5.78 Å². The lowest BCUT2D eigenvalue weighted by molar-refractivity contribution is -0.154. The molecule has 5 heteroatoms. The monoisotopic (exact) mass is 276 g/mol. The summed E-state index contributed by atoms with van der Waals surface area (Å²) in [4.78, 5) is 35.7. The first-order valence-corrected chi connectivity index (χ1v) is 6.50. The number of aryl methyl sites for hydroxylation is 1. The Hall–Kier alpha value is -2.17. The van der Waals surface area contributed by atoms with Gasteiger partial charge in [0.15, 0.2) is 5.78 Å². The molecule has 0 saturated heterocycles. The lowest BCUT2D eigenvalue weighted by atomic mass is 9.80. The third-order valence-corrected chi connectivity index (χ3v) is 3.39. The van der Waals surface area contributed by atoms with E-state index in [-0.39, 0.29) is 12.4 Å². The van der Waals surface area contributed by atoms with E-state index in [9.17, 15) is 14.4 Å². The summed E-state index contributed by atoms with van der Waals surface area (Å²) in [6, 6.07) is 5.10. The van der Waals surface area contributed by atoms with Gasteiger partial charge in [-0.1, -0.05) is 0 Å². The SMILES string of the molecule is CCOC(=O)C(=O)[C@H]1CCc2cc(OC)ccc2C1=O. The van der Waals surface area contributed by atoms with E-state index < -0.39 is 17.7 Å². The molecule has 0 bridgehead atoms. The molecule has 0 unspecified atom stereocenters. The number of carbonyl (C=O) groups is 3. The molecule has 0 aliphatic heterocycles. The molecule has 0 saturated carbocycles. The second kappa shape index (κ2) is 5.86. The van der Waals surface area contributed by atoms with E-state index in [0.29, 0.717) is 24.2 Å². The van der Waals surface area contributed by atoms with Crippen LogP contribution in [0.3, 0.4) is 0 Å². The van der Waals surface area contributed by atoms with Crippen LogP contribution in [0.15, 0.2) is 18.2 Å². The summed E-state index contributed by atoms with van der Waals surface area (Å²) in [6.07, 6.45) is 0.894. The molecular weight excluding hydrogens is 260 g/mol. The smallest absolute Gasteiger partial charge is 0.375 e. The van der Waals surface area contributed by atoms with Crippen molar-refractivity contribution in [2.24, 2.45) is 5.92 Å². The van der Waals surface area contributed by atoms with Gasteiger partial charge in [-0.25, -0.2) is 4.79 Å². The number of benzene rings is 1. The van der Waals surface area contributed by atoms with Crippen LogP contribution in [0.4, 0.5) is 0 Å². The van der Waals surface area contributed by atoms with E-state index in [1.807, 2.05) is 0 Å². The van der Waals surface area contributed by atoms with Crippen molar-refractivity contribution in [3.63, 3.8) is 0 Å². The maximum absolute atomic E-state index is 12.3. The van der Waals surface area contributed by atoms with E-state index in [0.717, 1.165) is 5.56 Å². The summed E-state index contributed by atoms with van der Waals surface area (Å²) in [7, 11) is 1.56. The van der Waals surface area contributed by atoms with Crippen LogP contribution in [0, 0.1) is 5.92 Å². The second-order valence-electron chi connectivity index (χ2n) is 4.56. The van der Waals surface area contributed by atoms with Crippen LogP contribution in [0.25, 0.3) is 0 Å². The van der Waals surface area contributed by atoms with Crippen molar-refractivity contribution >= 4 is 17.5 Å². The predicted octanol–water partition coefficient (Wildman–Crippen LogP) is 1.57. The Balaban J connectivity index is 2.23. The van der Waals surface area contributed by atoms with Crippen molar-refractivity contribution in [2.75, 3.05) is 13.7 Å². The minimum absolute atomic E-state index is 0.124. The van der Waals surface area contributed by atoms with E-state index in [4.69, 9.17) is 4.74 Å². The van der Waals surface area contributed by atoms with Crippen LogP contribution < -0.4 is 4.74 Å². The van der Waals surface area contributed by atoms with Crippen LogP contribution in [-0.4, -0.2) is 31.3 Å². The van der Waals surface area contributed by atoms with E-state index in [1.165, 1.54) is 0 Å². The van der Waals surface area contributed by atoms with E-state index in [1.54, 1.807) is 32.2 Å². The Morgan fingerprint density at radius 3 is 2.75 bits per heavy atom. The number of ketones is 2. The van der Waals surface area contributed by atoms with Crippen molar-refractivity contribution in [3.8, 4) is 5.75 Å². The van der Waals surface area contributed by atoms with Crippen LogP contribution in [-0.2, 0) is 20.7 Å². The molecule has 2 rings (SSSR count). The number of hydrogen-bond donors (Lipinski definition) is 0. The molecule has 1 aromatic rings. The number of Topliss-reactive ketones (excluding diaryl/α,β-unsaturated/α-hetero) is 2. The summed E-state index contributed by atoms with van der Waals surface area (Å²) < 4.78 is 9.78. The number of methoxy groups -OCH3 is 1. The Kier molecular flexibility index (Phi) is 4.17. The van der Waals surface area contributed by atoms with Crippen molar-refractivity contribution in [1.82, 2.24) is 0 Å². The highest BCUT2D eigenvalue weighted by molar-refractivity contribution is 6.39. The second-order valence-corrected chi connectivity index (χ2v) is 4.56. The number of rotatable bonds is 4. The molecular formula is C15H16O5. The van der Waals surface area contributed by atoms with Crippen molar-refractivity contribution < 1.29 is 23.9 Å². The Morgan fingerprint density at radius 1 is 1.35 bits per heavy atom. The molecule has 0 amide bonds. The number of carbonyl (C=O) groups excluding carboxylic acids is 3. The van der Waals surface area contributed by atoms with Gasteiger partial charge in [0, 0.05) is 5.56 Å². The third-order valence-electron chi connectivity index (χ3n) is 3.39. The van der Waals surface area contributed by atoms with Gasteiger partial charge < -0.3 is 9.47 Å². The standard InChI is InChI=1S/C15H16O5/c1-3-20-15(18)14(17)12-6-4-9-8-10(19-2)5-7-11(9)13(12)16/h5,7-8,12H,3-4,6H2,1-2H3/t12-/m0/s1. The Bertz CT molecular complexity index is 561. The summed E-state index contributed by atoms with van der Waals surface area (Å²) in [5, 5.41) is 0. The molecule has 1 aromatic carbocycles. The molecule has 0 radical (unpaired) electrons. The molecule has 5 nitrogen and oxygen atoms in total. The highest BCUT2D eigenvalue weighted by atomic mass is 16.5. The number of hydrogen-bond acceptors (Lipinski definition) is 5. The fraction of sp³-hybridized carbons (Fsp3) is 0.400. The van der Waals surface area contributed by atoms with E-state index in [2.05, 4.69) is 4.74 Å². The summed E-state index contributed by atoms with van der Waals surface area (Å²) in [6.45, 7) is 1.74. The zero-order chi connectivity index (χ0) is 14.7. The number of fused-ring (bicyclic) bond motifs is 1. The topological polar surface area (TPSA) is 69.7 Å². The Labute approximate surface area is 116 Å². The average Bonchev–Trinajstić information content (AvgIpc) is 2.46. The van der Waals surface area contributed by atoms with Crippen LogP contribution in [0.5, 0.6) is 5.75 Å². The summed E-state index contributed by atoms with van der Waals surface area (Å²) >= 11 is 0. The van der Waals surface area contributed by atoms with Gasteiger partial charge >= 0.3 is 5.97 Å². The Morgan fingerprint density at radius 2 is 2.10 bits per heavy atom. The molecule has 0 heterocycles. The molecule has 106 valence electrons. The number of esters is 1. The lowest BCUT2D eigenvalue weighted by Gasteiger charge is -2.22. The molecule has 0 aromatic heterocycles. The first kappa shape index (κ1) is 14.2. The fourth-order valence-electron chi connectivity index (χ4n) is 2.36. The minimum Gasteiger partial charge on any atom is -0.497 e. The van der Waals surface area contributed by atoms with Gasteiger partial charge in [0.1, 0.15) is 5.75 Å². The minimum atomic E-state index is -0.928. The van der Waals surface area contributed by atoms with Crippen LogP contribution >= 0.6 is 0 Å². The molecule has 20 heavy (non-hydrogen) atoms. The normalized spacial score (nSPS) is 17.3. The van der Waals surface area contributed by atoms with Gasteiger partial charge in [-0.2, -0.15) is 0 Å².